The van der Waals surface area contributed by atoms with Crippen LogP contribution in [0.15, 0.2) is 86.5 Å². The van der Waals surface area contributed by atoms with Crippen molar-refractivity contribution in [1.82, 2.24) is 10.7 Å². The smallest absolute Gasteiger partial charge is 0.287 e. The zero-order chi connectivity index (χ0) is 24.7. The van der Waals surface area contributed by atoms with Gasteiger partial charge in [0.25, 0.3) is 11.8 Å². The first-order valence-electron chi connectivity index (χ1n) is 10.1. The molecule has 0 unspecified atom stereocenters. The Morgan fingerprint density at radius 1 is 0.941 bits per heavy atom. The Kier molecular flexibility index (Phi) is 8.61. The molecule has 0 radical (unpaired) electrons. The molecule has 0 atom stereocenters. The van der Waals surface area contributed by atoms with Crippen LogP contribution in [0, 0.1) is 0 Å². The summed E-state index contributed by atoms with van der Waals surface area (Å²) < 4.78 is 0.957. The highest BCUT2D eigenvalue weighted by atomic mass is 79.9. The molecule has 0 spiro atoms. The minimum Gasteiger partial charge on any atom is -0.506 e. The fourth-order valence-electron chi connectivity index (χ4n) is 2.86. The van der Waals surface area contributed by atoms with E-state index >= 15 is 0 Å². The number of hydrogen-bond acceptors (Lipinski definition) is 5. The lowest BCUT2D eigenvalue weighted by Gasteiger charge is -2.12. The van der Waals surface area contributed by atoms with Gasteiger partial charge in [0.1, 0.15) is 11.4 Å². The normalized spacial score (nSPS) is 11.4. The number of phenolic OH excluding ortho intramolecular Hbond substituents is 1. The average Bonchev–Trinajstić information content (AvgIpc) is 2.82. The SMILES string of the molecule is CN(C)c1ccc(C=C(NC(=O)c2ccccc2)C(=O)N/N=C/c2cc(Br)c(O)c(Br)c2)cc1. The molecule has 3 aromatic rings. The number of rotatable bonds is 7. The number of nitrogens with one attached hydrogen (secondary N) is 2. The van der Waals surface area contributed by atoms with Crippen molar-refractivity contribution >= 4 is 61.7 Å². The molecule has 2 amide bonds. The van der Waals surface area contributed by atoms with E-state index in [0.29, 0.717) is 20.1 Å². The van der Waals surface area contributed by atoms with Crippen LogP contribution in [0.5, 0.6) is 5.75 Å². The molecule has 34 heavy (non-hydrogen) atoms. The molecule has 174 valence electrons. The predicted octanol–water partition coefficient (Wildman–Crippen LogP) is 4.90. The number of aromatic hydroxyl groups is 1. The molecule has 0 aliphatic carbocycles. The zero-order valence-electron chi connectivity index (χ0n) is 18.4. The molecule has 0 saturated heterocycles. The van der Waals surface area contributed by atoms with E-state index in [4.69, 9.17) is 0 Å². The molecular formula is C25H22Br2N4O3. The summed E-state index contributed by atoms with van der Waals surface area (Å²) >= 11 is 6.51. The maximum Gasteiger partial charge on any atom is 0.287 e. The zero-order valence-corrected chi connectivity index (χ0v) is 21.6. The second-order valence-electron chi connectivity index (χ2n) is 7.40. The Morgan fingerprint density at radius 2 is 1.56 bits per heavy atom. The standard InChI is InChI=1S/C25H22Br2N4O3/c1-31(2)19-10-8-16(9-11-19)14-22(29-24(33)18-6-4-3-5-7-18)25(34)30-28-15-17-12-20(26)23(32)21(27)13-17/h3-15,32H,1-2H3,(H,29,33)(H,30,34)/b22-14?,28-15+. The van der Waals surface area contributed by atoms with Crippen LogP contribution in [0.1, 0.15) is 21.5 Å². The molecule has 0 aliphatic heterocycles. The third kappa shape index (κ3) is 6.79. The van der Waals surface area contributed by atoms with Gasteiger partial charge in [0.2, 0.25) is 0 Å². The van der Waals surface area contributed by atoms with Gasteiger partial charge in [0.05, 0.1) is 15.2 Å². The molecule has 3 N–H and O–H groups in total. The van der Waals surface area contributed by atoms with Crippen LogP contribution >= 0.6 is 31.9 Å². The first-order chi connectivity index (χ1) is 16.2. The summed E-state index contributed by atoms with van der Waals surface area (Å²) in [5.41, 5.74) is 5.28. The molecule has 0 aliphatic rings. The summed E-state index contributed by atoms with van der Waals surface area (Å²) in [6.45, 7) is 0. The number of carbonyl (C=O) groups excluding carboxylic acids is 2. The predicted molar refractivity (Wildman–Crippen MR) is 142 cm³/mol. The molecule has 0 heterocycles. The van der Waals surface area contributed by atoms with E-state index in [2.05, 4.69) is 47.7 Å². The molecule has 0 aromatic heterocycles. The first-order valence-corrected chi connectivity index (χ1v) is 11.7. The summed E-state index contributed by atoms with van der Waals surface area (Å²) in [5, 5.41) is 16.5. The molecular weight excluding hydrogens is 564 g/mol. The fraction of sp³-hybridized carbons (Fsp3) is 0.0800. The van der Waals surface area contributed by atoms with Crippen LogP contribution in [0.2, 0.25) is 0 Å². The van der Waals surface area contributed by atoms with E-state index in [9.17, 15) is 14.7 Å². The lowest BCUT2D eigenvalue weighted by Crippen LogP contribution is -2.32. The Morgan fingerprint density at radius 3 is 2.15 bits per heavy atom. The van der Waals surface area contributed by atoms with Crippen molar-refractivity contribution in [1.29, 1.82) is 0 Å². The average molecular weight is 586 g/mol. The highest BCUT2D eigenvalue weighted by molar-refractivity contribution is 9.11. The lowest BCUT2D eigenvalue weighted by atomic mass is 10.1. The van der Waals surface area contributed by atoms with E-state index in [-0.39, 0.29) is 11.4 Å². The second-order valence-corrected chi connectivity index (χ2v) is 9.11. The van der Waals surface area contributed by atoms with Gasteiger partial charge < -0.3 is 15.3 Å². The van der Waals surface area contributed by atoms with Crippen molar-refractivity contribution < 1.29 is 14.7 Å². The van der Waals surface area contributed by atoms with E-state index in [1.54, 1.807) is 48.5 Å². The van der Waals surface area contributed by atoms with Crippen LogP contribution < -0.4 is 15.6 Å². The van der Waals surface area contributed by atoms with Gasteiger partial charge in [-0.15, -0.1) is 0 Å². The molecule has 3 aromatic carbocycles. The van der Waals surface area contributed by atoms with Crippen molar-refractivity contribution in [3.05, 3.63) is 98.1 Å². The summed E-state index contributed by atoms with van der Waals surface area (Å²) in [6.07, 6.45) is 3.01. The highest BCUT2D eigenvalue weighted by Gasteiger charge is 2.14. The van der Waals surface area contributed by atoms with Gasteiger partial charge in [-0.3, -0.25) is 9.59 Å². The van der Waals surface area contributed by atoms with E-state index in [0.717, 1.165) is 11.3 Å². The topological polar surface area (TPSA) is 94.0 Å². The number of halogens is 2. The van der Waals surface area contributed by atoms with Crippen LogP contribution in [0.4, 0.5) is 5.69 Å². The monoisotopic (exact) mass is 584 g/mol. The van der Waals surface area contributed by atoms with Crippen LogP contribution in [0.3, 0.4) is 0 Å². The number of carbonyl (C=O) groups is 2. The second kappa shape index (κ2) is 11.6. The van der Waals surface area contributed by atoms with Gasteiger partial charge in [-0.05, 0) is 85.5 Å². The molecule has 0 bridgehead atoms. The summed E-state index contributed by atoms with van der Waals surface area (Å²) in [6, 6.07) is 19.5. The Hall–Kier alpha value is -3.43. The number of nitrogens with zero attached hydrogens (tertiary/aromatic N) is 2. The lowest BCUT2D eigenvalue weighted by molar-refractivity contribution is -0.117. The van der Waals surface area contributed by atoms with Gasteiger partial charge in [-0.25, -0.2) is 5.43 Å². The van der Waals surface area contributed by atoms with Gasteiger partial charge >= 0.3 is 0 Å². The summed E-state index contributed by atoms with van der Waals surface area (Å²) in [7, 11) is 3.87. The molecule has 0 fully saturated rings. The molecule has 9 heteroatoms. The van der Waals surface area contributed by atoms with Gasteiger partial charge in [0, 0.05) is 25.3 Å². The Labute approximate surface area is 214 Å². The van der Waals surface area contributed by atoms with Crippen molar-refractivity contribution in [3.8, 4) is 5.75 Å². The molecule has 3 rings (SSSR count). The van der Waals surface area contributed by atoms with Crippen molar-refractivity contribution in [2.24, 2.45) is 5.10 Å². The van der Waals surface area contributed by atoms with Crippen LogP contribution in [0.25, 0.3) is 6.08 Å². The number of hydrazone groups is 1. The van der Waals surface area contributed by atoms with Gasteiger partial charge in [0.15, 0.2) is 0 Å². The minimum atomic E-state index is -0.589. The van der Waals surface area contributed by atoms with Crippen molar-refractivity contribution in [2.45, 2.75) is 0 Å². The first kappa shape index (κ1) is 25.2. The van der Waals surface area contributed by atoms with E-state index in [1.807, 2.05) is 43.3 Å². The van der Waals surface area contributed by atoms with Crippen molar-refractivity contribution in [2.75, 3.05) is 19.0 Å². The maximum absolute atomic E-state index is 12.9. The summed E-state index contributed by atoms with van der Waals surface area (Å²) in [4.78, 5) is 27.5. The molecule has 7 nitrogen and oxygen atoms in total. The van der Waals surface area contributed by atoms with Crippen molar-refractivity contribution in [3.63, 3.8) is 0 Å². The third-order valence-corrected chi connectivity index (χ3v) is 5.88. The van der Waals surface area contributed by atoms with Crippen LogP contribution in [-0.4, -0.2) is 37.2 Å². The number of benzene rings is 3. The Balaban J connectivity index is 1.83. The van der Waals surface area contributed by atoms with E-state index in [1.165, 1.54) is 6.21 Å². The molecule has 0 saturated carbocycles. The fourth-order valence-corrected chi connectivity index (χ4v) is 4.08. The number of anilines is 1. The summed E-state index contributed by atoms with van der Waals surface area (Å²) in [5.74, 6) is -0.938. The van der Waals surface area contributed by atoms with Crippen LogP contribution in [-0.2, 0) is 4.79 Å². The number of amides is 2. The number of phenols is 1. The van der Waals surface area contributed by atoms with Gasteiger partial charge in [-0.1, -0.05) is 30.3 Å². The van der Waals surface area contributed by atoms with E-state index < -0.39 is 11.8 Å². The van der Waals surface area contributed by atoms with Gasteiger partial charge in [-0.2, -0.15) is 5.10 Å². The Bertz CT molecular complexity index is 1220. The number of hydrogen-bond donors (Lipinski definition) is 3. The highest BCUT2D eigenvalue weighted by Crippen LogP contribution is 2.32. The quantitative estimate of drug-likeness (QED) is 0.209. The largest absolute Gasteiger partial charge is 0.506 e. The minimum absolute atomic E-state index is 0.0386. The third-order valence-electron chi connectivity index (χ3n) is 4.67. The maximum atomic E-state index is 12.9.